The number of hydrogen-bond acceptors (Lipinski definition) is 2. The second kappa shape index (κ2) is 5.14. The van der Waals surface area contributed by atoms with Crippen LogP contribution in [0.2, 0.25) is 5.02 Å². The molecule has 0 aliphatic heterocycles. The van der Waals surface area contributed by atoms with Crippen molar-refractivity contribution < 1.29 is 9.53 Å². The number of carbonyl (C=O) groups is 1. The molecular weight excluding hydrogens is 214 g/mol. The van der Waals surface area contributed by atoms with Crippen LogP contribution < -0.4 is 5.73 Å². The average Bonchev–Trinajstić information content (AvgIpc) is 2.18. The summed E-state index contributed by atoms with van der Waals surface area (Å²) in [5, 5.41) is 0.658. The van der Waals surface area contributed by atoms with E-state index in [9.17, 15) is 4.79 Å². The SMILES string of the molecule is Cc1ccc(Cl)cc1C(C)OCC(N)=O. The van der Waals surface area contributed by atoms with E-state index in [0.717, 1.165) is 11.1 Å². The number of rotatable bonds is 4. The summed E-state index contributed by atoms with van der Waals surface area (Å²) >= 11 is 5.88. The third-order valence-corrected chi connectivity index (χ3v) is 2.39. The van der Waals surface area contributed by atoms with Gasteiger partial charge in [0.25, 0.3) is 0 Å². The number of carbonyl (C=O) groups excluding carboxylic acids is 1. The molecule has 1 atom stereocenters. The highest BCUT2D eigenvalue weighted by molar-refractivity contribution is 6.30. The summed E-state index contributed by atoms with van der Waals surface area (Å²) in [5.41, 5.74) is 7.05. The lowest BCUT2D eigenvalue weighted by atomic mass is 10.0. The smallest absolute Gasteiger partial charge is 0.243 e. The summed E-state index contributed by atoms with van der Waals surface area (Å²) in [6, 6.07) is 5.57. The van der Waals surface area contributed by atoms with Crippen molar-refractivity contribution >= 4 is 17.5 Å². The molecule has 4 heteroatoms. The molecule has 15 heavy (non-hydrogen) atoms. The first-order chi connectivity index (χ1) is 7.00. The Hall–Kier alpha value is -1.06. The van der Waals surface area contributed by atoms with E-state index in [2.05, 4.69) is 0 Å². The Bertz CT molecular complexity index is 366. The van der Waals surface area contributed by atoms with Crippen molar-refractivity contribution in [3.63, 3.8) is 0 Å². The molecule has 2 N–H and O–H groups in total. The Kier molecular flexibility index (Phi) is 4.12. The third kappa shape index (κ3) is 3.53. The summed E-state index contributed by atoms with van der Waals surface area (Å²) in [6.45, 7) is 3.75. The van der Waals surface area contributed by atoms with Crippen molar-refractivity contribution in [1.82, 2.24) is 0 Å². The van der Waals surface area contributed by atoms with Gasteiger partial charge >= 0.3 is 0 Å². The Morgan fingerprint density at radius 3 is 2.87 bits per heavy atom. The van der Waals surface area contributed by atoms with Gasteiger partial charge < -0.3 is 10.5 Å². The van der Waals surface area contributed by atoms with Gasteiger partial charge in [0.15, 0.2) is 0 Å². The number of primary amides is 1. The molecule has 0 aromatic heterocycles. The lowest BCUT2D eigenvalue weighted by Crippen LogP contribution is -2.19. The van der Waals surface area contributed by atoms with Crippen LogP contribution in [0.25, 0.3) is 0 Å². The molecule has 0 spiro atoms. The summed E-state index contributed by atoms with van der Waals surface area (Å²) in [6.07, 6.45) is -0.184. The van der Waals surface area contributed by atoms with Crippen LogP contribution in [-0.2, 0) is 9.53 Å². The maximum absolute atomic E-state index is 10.6. The van der Waals surface area contributed by atoms with Gasteiger partial charge in [-0.15, -0.1) is 0 Å². The van der Waals surface area contributed by atoms with Crippen LogP contribution in [0.4, 0.5) is 0 Å². The second-order valence-corrected chi connectivity index (χ2v) is 3.86. The molecular formula is C11H14ClNO2. The minimum atomic E-state index is -0.471. The van der Waals surface area contributed by atoms with E-state index < -0.39 is 5.91 Å². The quantitative estimate of drug-likeness (QED) is 0.858. The monoisotopic (exact) mass is 227 g/mol. The van der Waals surface area contributed by atoms with E-state index in [1.165, 1.54) is 0 Å². The van der Waals surface area contributed by atoms with Crippen molar-refractivity contribution in [2.45, 2.75) is 20.0 Å². The van der Waals surface area contributed by atoms with Gasteiger partial charge in [0, 0.05) is 5.02 Å². The number of benzene rings is 1. The Balaban J connectivity index is 2.76. The average molecular weight is 228 g/mol. The molecule has 0 aliphatic carbocycles. The standard InChI is InChI=1S/C11H14ClNO2/c1-7-3-4-9(12)5-10(7)8(2)15-6-11(13)14/h3-5,8H,6H2,1-2H3,(H2,13,14). The Labute approximate surface area is 94.2 Å². The molecule has 0 fully saturated rings. The highest BCUT2D eigenvalue weighted by Crippen LogP contribution is 2.23. The number of halogens is 1. The highest BCUT2D eigenvalue weighted by Gasteiger charge is 2.10. The summed E-state index contributed by atoms with van der Waals surface area (Å²) in [4.78, 5) is 10.6. The fourth-order valence-electron chi connectivity index (χ4n) is 1.35. The van der Waals surface area contributed by atoms with Gasteiger partial charge in [-0.2, -0.15) is 0 Å². The van der Waals surface area contributed by atoms with Crippen molar-refractivity contribution in [2.24, 2.45) is 5.73 Å². The Morgan fingerprint density at radius 2 is 2.27 bits per heavy atom. The number of ether oxygens (including phenoxy) is 1. The lowest BCUT2D eigenvalue weighted by molar-refractivity contribution is -0.124. The predicted octanol–water partition coefficient (Wildman–Crippen LogP) is 2.21. The van der Waals surface area contributed by atoms with E-state index in [-0.39, 0.29) is 12.7 Å². The largest absolute Gasteiger partial charge is 0.368 e. The van der Waals surface area contributed by atoms with Gasteiger partial charge in [-0.05, 0) is 37.1 Å². The van der Waals surface area contributed by atoms with Gasteiger partial charge in [0.05, 0.1) is 6.10 Å². The molecule has 0 saturated carbocycles. The first-order valence-electron chi connectivity index (χ1n) is 4.66. The third-order valence-electron chi connectivity index (χ3n) is 2.15. The Morgan fingerprint density at radius 1 is 1.60 bits per heavy atom. The molecule has 1 rings (SSSR count). The van der Waals surface area contributed by atoms with E-state index in [1.807, 2.05) is 32.0 Å². The van der Waals surface area contributed by atoms with E-state index in [4.69, 9.17) is 22.1 Å². The number of hydrogen-bond donors (Lipinski definition) is 1. The van der Waals surface area contributed by atoms with E-state index >= 15 is 0 Å². The van der Waals surface area contributed by atoms with Gasteiger partial charge in [-0.1, -0.05) is 17.7 Å². The van der Waals surface area contributed by atoms with Crippen LogP contribution in [0, 0.1) is 6.92 Å². The fourth-order valence-corrected chi connectivity index (χ4v) is 1.53. The summed E-state index contributed by atoms with van der Waals surface area (Å²) in [5.74, 6) is -0.471. The zero-order chi connectivity index (χ0) is 11.4. The summed E-state index contributed by atoms with van der Waals surface area (Å²) < 4.78 is 5.29. The van der Waals surface area contributed by atoms with Crippen molar-refractivity contribution in [3.05, 3.63) is 34.3 Å². The number of nitrogens with two attached hydrogens (primary N) is 1. The molecule has 1 aromatic rings. The van der Waals surface area contributed by atoms with Crippen LogP contribution in [-0.4, -0.2) is 12.5 Å². The summed E-state index contributed by atoms with van der Waals surface area (Å²) in [7, 11) is 0. The van der Waals surface area contributed by atoms with Crippen LogP contribution in [0.1, 0.15) is 24.2 Å². The number of amides is 1. The van der Waals surface area contributed by atoms with E-state index in [1.54, 1.807) is 0 Å². The van der Waals surface area contributed by atoms with Gasteiger partial charge in [-0.25, -0.2) is 0 Å². The minimum absolute atomic E-state index is 0.0763. The van der Waals surface area contributed by atoms with Crippen molar-refractivity contribution in [2.75, 3.05) is 6.61 Å². The maximum Gasteiger partial charge on any atom is 0.243 e. The highest BCUT2D eigenvalue weighted by atomic mass is 35.5. The van der Waals surface area contributed by atoms with Crippen LogP contribution >= 0.6 is 11.6 Å². The molecule has 0 aliphatic rings. The van der Waals surface area contributed by atoms with E-state index in [0.29, 0.717) is 5.02 Å². The van der Waals surface area contributed by atoms with Gasteiger partial charge in [0.2, 0.25) is 5.91 Å². The molecule has 1 unspecified atom stereocenters. The normalized spacial score (nSPS) is 12.5. The molecule has 1 aromatic carbocycles. The second-order valence-electron chi connectivity index (χ2n) is 3.42. The van der Waals surface area contributed by atoms with Gasteiger partial charge in [0.1, 0.15) is 6.61 Å². The molecule has 0 heterocycles. The van der Waals surface area contributed by atoms with Gasteiger partial charge in [-0.3, -0.25) is 4.79 Å². The van der Waals surface area contributed by atoms with Crippen LogP contribution in [0.15, 0.2) is 18.2 Å². The molecule has 3 nitrogen and oxygen atoms in total. The molecule has 0 saturated heterocycles. The minimum Gasteiger partial charge on any atom is -0.368 e. The molecule has 82 valence electrons. The number of aryl methyl sites for hydroxylation is 1. The van der Waals surface area contributed by atoms with Crippen molar-refractivity contribution in [3.8, 4) is 0 Å². The predicted molar refractivity (Wildman–Crippen MR) is 59.8 cm³/mol. The van der Waals surface area contributed by atoms with Crippen LogP contribution in [0.5, 0.6) is 0 Å². The lowest BCUT2D eigenvalue weighted by Gasteiger charge is -2.15. The zero-order valence-electron chi connectivity index (χ0n) is 8.79. The van der Waals surface area contributed by atoms with Crippen LogP contribution in [0.3, 0.4) is 0 Å². The first kappa shape index (κ1) is 12.0. The first-order valence-corrected chi connectivity index (χ1v) is 5.04. The zero-order valence-corrected chi connectivity index (χ0v) is 9.54. The topological polar surface area (TPSA) is 52.3 Å². The molecule has 0 radical (unpaired) electrons. The molecule has 0 bridgehead atoms. The maximum atomic E-state index is 10.6. The van der Waals surface area contributed by atoms with Crippen molar-refractivity contribution in [1.29, 1.82) is 0 Å². The fraction of sp³-hybridized carbons (Fsp3) is 0.364. The molecule has 1 amide bonds.